The van der Waals surface area contributed by atoms with E-state index in [9.17, 15) is 15.2 Å². The Morgan fingerprint density at radius 3 is 2.54 bits per heavy atom. The van der Waals surface area contributed by atoms with Crippen LogP contribution in [0.15, 0.2) is 41.6 Å². The number of carboxylic acid groups (broad SMARTS) is 1. The van der Waals surface area contributed by atoms with Crippen LogP contribution in [0, 0.1) is 11.3 Å². The molecular weight excluding hydrogens is 549 g/mol. The first-order chi connectivity index (χ1) is 19.4. The first-order valence-electron chi connectivity index (χ1n) is 14.4. The highest BCUT2D eigenvalue weighted by Crippen LogP contribution is 2.44. The van der Waals surface area contributed by atoms with Gasteiger partial charge in [0.1, 0.15) is 11.2 Å². The number of nitrogens with zero attached hydrogens (tertiary/aromatic N) is 4. The highest BCUT2D eigenvalue weighted by molar-refractivity contribution is 7.98. The summed E-state index contributed by atoms with van der Waals surface area (Å²) in [6.07, 6.45) is 4.43. The number of aromatic nitrogens is 2. The van der Waals surface area contributed by atoms with Crippen molar-refractivity contribution in [3.05, 3.63) is 58.9 Å². The minimum Gasteiger partial charge on any atom is -0.543 e. The lowest BCUT2D eigenvalue weighted by Gasteiger charge is -2.38. The minimum atomic E-state index is -2.02. The quantitative estimate of drug-likeness (QED) is 0.187. The van der Waals surface area contributed by atoms with E-state index in [0.29, 0.717) is 31.1 Å². The average molecular weight is 589 g/mol. The molecule has 0 radical (unpaired) electrons. The Balaban J connectivity index is 1.54. The molecule has 9 heteroatoms. The van der Waals surface area contributed by atoms with E-state index in [1.165, 1.54) is 33.0 Å². The van der Waals surface area contributed by atoms with Gasteiger partial charge in [0.25, 0.3) is 0 Å². The number of hydrogen-bond acceptors (Lipinski definition) is 6. The second-order valence-electron chi connectivity index (χ2n) is 13.0. The number of benzene rings is 2. The molecule has 3 aromatic rings. The third-order valence-electron chi connectivity index (χ3n) is 9.48. The van der Waals surface area contributed by atoms with Gasteiger partial charge in [0, 0.05) is 18.8 Å². The Hall–Kier alpha value is -3.09. The Bertz CT molecular complexity index is 1520. The topological polar surface area (TPSA) is 99.3 Å². The number of thioether (sulfide) groups is 1. The normalized spacial score (nSPS) is 19.0. The number of fused-ring (bicyclic) bond motifs is 2. The zero-order valence-corrected chi connectivity index (χ0v) is 26.8. The molecule has 0 bridgehead atoms. The molecule has 0 saturated carbocycles. The molecule has 1 amide bonds. The molecule has 1 unspecified atom stereocenters. The summed E-state index contributed by atoms with van der Waals surface area (Å²) < 4.78 is 6.79. The van der Waals surface area contributed by atoms with Gasteiger partial charge >= 0.3 is 6.09 Å². The van der Waals surface area contributed by atoms with E-state index in [-0.39, 0.29) is 11.0 Å². The summed E-state index contributed by atoms with van der Waals surface area (Å²) in [7, 11) is -2.02. The average Bonchev–Trinajstić information content (AvgIpc) is 2.95. The highest BCUT2D eigenvalue weighted by atomic mass is 32.2. The van der Waals surface area contributed by atoms with E-state index in [4.69, 9.17) is 14.4 Å². The minimum absolute atomic E-state index is 0.0987. The molecule has 2 aromatic carbocycles. The van der Waals surface area contributed by atoms with Gasteiger partial charge in [-0.05, 0) is 96.4 Å². The molecule has 5 rings (SSSR count). The molecule has 0 spiro atoms. The number of likely N-dealkylation sites (tertiary alicyclic amines) is 1. The molecule has 2 aliphatic rings. The van der Waals surface area contributed by atoms with Crippen LogP contribution < -0.4 is 4.43 Å². The van der Waals surface area contributed by atoms with Gasteiger partial charge in [-0.15, -0.1) is 0 Å². The van der Waals surface area contributed by atoms with Crippen LogP contribution in [-0.4, -0.2) is 53.7 Å². The zero-order chi connectivity index (χ0) is 29.6. The summed E-state index contributed by atoms with van der Waals surface area (Å²) in [6.45, 7) is 12.0. The highest BCUT2D eigenvalue weighted by Gasteiger charge is 2.43. The first kappa shape index (κ1) is 29.4. The molecular formula is C32H40N4O3SSi. The predicted molar refractivity (Wildman–Crippen MR) is 166 cm³/mol. The molecule has 1 fully saturated rings. The fourth-order valence-corrected chi connectivity index (χ4v) is 7.38. The Labute approximate surface area is 248 Å². The summed E-state index contributed by atoms with van der Waals surface area (Å²) in [5.74, 6) is 1.21. The van der Waals surface area contributed by atoms with Crippen molar-refractivity contribution in [1.29, 1.82) is 5.26 Å². The number of nitriles is 1. The zero-order valence-electron chi connectivity index (χ0n) is 25.0. The van der Waals surface area contributed by atoms with E-state index in [1.54, 1.807) is 0 Å². The lowest BCUT2D eigenvalue weighted by molar-refractivity contribution is 0.124. The van der Waals surface area contributed by atoms with Crippen molar-refractivity contribution in [3.63, 3.8) is 0 Å². The SMILES string of the molecule is CSc1nc2c(c(C3(C#N)CCN(C(=O)O)CC3)n1)CCC(c1cc(O[Si](C)(C)C(C)(C)C)cc3ccccc13)C2. The van der Waals surface area contributed by atoms with Gasteiger partial charge in [0.15, 0.2) is 5.16 Å². The van der Waals surface area contributed by atoms with Gasteiger partial charge in [-0.25, -0.2) is 14.8 Å². The third-order valence-corrected chi connectivity index (χ3v) is 14.4. The predicted octanol–water partition coefficient (Wildman–Crippen LogP) is 7.54. The number of piperidine rings is 1. The van der Waals surface area contributed by atoms with Crippen molar-refractivity contribution >= 4 is 36.9 Å². The Morgan fingerprint density at radius 1 is 1.20 bits per heavy atom. The van der Waals surface area contributed by atoms with Gasteiger partial charge in [0.05, 0.1) is 11.8 Å². The Kier molecular flexibility index (Phi) is 7.86. The second-order valence-corrected chi connectivity index (χ2v) is 18.5. The molecule has 1 aliphatic heterocycles. The molecule has 1 N–H and O–H groups in total. The van der Waals surface area contributed by atoms with Gasteiger partial charge in [0.2, 0.25) is 8.32 Å². The Morgan fingerprint density at radius 2 is 1.90 bits per heavy atom. The van der Waals surface area contributed by atoms with Crippen LogP contribution in [0.3, 0.4) is 0 Å². The number of carbonyl (C=O) groups is 1. The van der Waals surface area contributed by atoms with Gasteiger partial charge in [-0.3, -0.25) is 0 Å². The van der Waals surface area contributed by atoms with Crippen molar-refractivity contribution in [3.8, 4) is 11.8 Å². The molecule has 1 atom stereocenters. The molecule has 1 saturated heterocycles. The van der Waals surface area contributed by atoms with Crippen molar-refractivity contribution in [2.75, 3.05) is 19.3 Å². The van der Waals surface area contributed by atoms with E-state index < -0.39 is 19.8 Å². The number of rotatable bonds is 5. The summed E-state index contributed by atoms with van der Waals surface area (Å²) >= 11 is 1.49. The smallest absolute Gasteiger partial charge is 0.407 e. The van der Waals surface area contributed by atoms with E-state index in [2.05, 4.69) is 76.3 Å². The largest absolute Gasteiger partial charge is 0.543 e. The van der Waals surface area contributed by atoms with Gasteiger partial charge < -0.3 is 14.4 Å². The fourth-order valence-electron chi connectivity index (χ4n) is 5.98. The van der Waals surface area contributed by atoms with Gasteiger partial charge in [-0.2, -0.15) is 5.26 Å². The van der Waals surface area contributed by atoms with Crippen molar-refractivity contribution in [2.24, 2.45) is 0 Å². The van der Waals surface area contributed by atoms with Crippen molar-refractivity contribution in [2.45, 2.75) is 87.5 Å². The monoisotopic (exact) mass is 588 g/mol. The molecule has 1 aliphatic carbocycles. The summed E-state index contributed by atoms with van der Waals surface area (Å²) in [5.41, 5.74) is 3.42. The van der Waals surface area contributed by atoms with E-state index in [0.717, 1.165) is 42.0 Å². The lowest BCUT2D eigenvalue weighted by Crippen LogP contribution is -2.45. The second kappa shape index (κ2) is 11.0. The van der Waals surface area contributed by atoms with Crippen LogP contribution in [0.5, 0.6) is 5.75 Å². The van der Waals surface area contributed by atoms with Crippen molar-refractivity contribution in [1.82, 2.24) is 14.9 Å². The standard InChI is InChI=1S/C32H40N4O3SSi/c1-31(2,3)41(5,6)39-23-17-21-9-7-8-10-24(21)26(19-23)22-11-12-25-27(18-22)34-29(40-4)35-28(25)32(20-33)13-15-36(16-14-32)30(37)38/h7-10,17,19,22H,11-16,18H2,1-6H3,(H,37,38). The van der Waals surface area contributed by atoms with Crippen molar-refractivity contribution < 1.29 is 14.3 Å². The molecule has 41 heavy (non-hydrogen) atoms. The van der Waals surface area contributed by atoms with Gasteiger partial charge in [-0.1, -0.05) is 56.8 Å². The molecule has 1 aromatic heterocycles. The fraction of sp³-hybridized carbons (Fsp3) is 0.500. The molecule has 216 valence electrons. The number of hydrogen-bond donors (Lipinski definition) is 1. The molecule has 7 nitrogen and oxygen atoms in total. The summed E-state index contributed by atoms with van der Waals surface area (Å²) in [4.78, 5) is 22.8. The first-order valence-corrected chi connectivity index (χ1v) is 18.6. The third kappa shape index (κ3) is 5.56. The van der Waals surface area contributed by atoms with Crippen LogP contribution in [0.4, 0.5) is 4.79 Å². The van der Waals surface area contributed by atoms with Crippen LogP contribution in [-0.2, 0) is 18.3 Å². The van der Waals surface area contributed by atoms with Crippen LogP contribution in [0.1, 0.15) is 68.5 Å². The number of amides is 1. The maximum atomic E-state index is 11.5. The van der Waals surface area contributed by atoms with Crippen LogP contribution in [0.25, 0.3) is 10.8 Å². The van der Waals surface area contributed by atoms with E-state index >= 15 is 0 Å². The van der Waals surface area contributed by atoms with Crippen LogP contribution in [0.2, 0.25) is 18.1 Å². The van der Waals surface area contributed by atoms with Crippen LogP contribution >= 0.6 is 11.8 Å². The molecule has 2 heterocycles. The van der Waals surface area contributed by atoms with E-state index in [1.807, 2.05) is 6.26 Å². The summed E-state index contributed by atoms with van der Waals surface area (Å²) in [6, 6.07) is 15.6. The maximum Gasteiger partial charge on any atom is 0.407 e. The maximum absolute atomic E-state index is 11.5. The lowest BCUT2D eigenvalue weighted by atomic mass is 9.72. The summed E-state index contributed by atoms with van der Waals surface area (Å²) in [5, 5.41) is 23.1.